The smallest absolute Gasteiger partial charge is 0.255 e. The molecule has 3 N–H and O–H groups in total. The normalized spacial score (nSPS) is 25.7. The number of aliphatic hydroxyl groups is 1. The number of benzene rings is 2. The average Bonchev–Trinajstić information content (AvgIpc) is 2.97. The van der Waals surface area contributed by atoms with Gasteiger partial charge in [0.1, 0.15) is 0 Å². The SMILES string of the molecule is CS(=O)(=O)NCC1(O)C2CCC1CC(S(=O)(=O)c1cc(C(=O)Nc3cc(F)c(F)c(F)c3)ccc1Cl)C2. The van der Waals surface area contributed by atoms with E-state index in [2.05, 4.69) is 10.0 Å². The fraction of sp³-hybridized carbons (Fsp3) is 0.435. The van der Waals surface area contributed by atoms with Crippen molar-refractivity contribution in [2.45, 2.75) is 41.4 Å². The third-order valence-corrected chi connectivity index (χ3v) is 10.5. The Kier molecular flexibility index (Phi) is 7.40. The van der Waals surface area contributed by atoms with Gasteiger partial charge < -0.3 is 10.4 Å². The van der Waals surface area contributed by atoms with Crippen molar-refractivity contribution in [2.24, 2.45) is 11.8 Å². The second-order valence-electron chi connectivity index (χ2n) is 9.55. The van der Waals surface area contributed by atoms with Crippen molar-refractivity contribution in [3.05, 3.63) is 58.4 Å². The number of carbonyl (C=O) groups excluding carboxylic acids is 1. The van der Waals surface area contributed by atoms with E-state index in [-0.39, 0.29) is 40.6 Å². The van der Waals surface area contributed by atoms with E-state index in [4.69, 9.17) is 11.6 Å². The van der Waals surface area contributed by atoms with Gasteiger partial charge in [0, 0.05) is 29.9 Å². The van der Waals surface area contributed by atoms with Crippen molar-refractivity contribution in [1.82, 2.24) is 4.72 Å². The lowest BCUT2D eigenvalue weighted by molar-refractivity contribution is -0.0525. The molecule has 14 heteroatoms. The van der Waals surface area contributed by atoms with Gasteiger partial charge in [-0.2, -0.15) is 0 Å². The number of rotatable bonds is 7. The number of halogens is 4. The maximum absolute atomic E-state index is 13.6. The molecule has 2 fully saturated rings. The van der Waals surface area contributed by atoms with Gasteiger partial charge in [0.15, 0.2) is 27.3 Å². The molecule has 8 nitrogen and oxygen atoms in total. The maximum Gasteiger partial charge on any atom is 0.255 e. The van der Waals surface area contributed by atoms with Crippen molar-refractivity contribution in [2.75, 3.05) is 18.1 Å². The second kappa shape index (κ2) is 9.84. The lowest BCUT2D eigenvalue weighted by Gasteiger charge is -2.42. The first kappa shape index (κ1) is 27.8. The highest BCUT2D eigenvalue weighted by atomic mass is 35.5. The van der Waals surface area contributed by atoms with E-state index in [1.165, 1.54) is 12.1 Å². The molecule has 2 saturated carbocycles. The molecule has 2 unspecified atom stereocenters. The summed E-state index contributed by atoms with van der Waals surface area (Å²) >= 11 is 6.19. The van der Waals surface area contributed by atoms with Gasteiger partial charge in [-0.1, -0.05) is 11.6 Å². The Hall–Kier alpha value is -2.19. The monoisotopic (exact) mass is 580 g/mol. The lowest BCUT2D eigenvalue weighted by Crippen LogP contribution is -2.54. The predicted molar refractivity (Wildman–Crippen MR) is 130 cm³/mol. The van der Waals surface area contributed by atoms with Crippen LogP contribution in [-0.2, 0) is 19.9 Å². The zero-order valence-electron chi connectivity index (χ0n) is 19.5. The Labute approximate surface area is 217 Å². The molecule has 0 aliphatic heterocycles. The Morgan fingerprint density at radius 1 is 1.05 bits per heavy atom. The molecule has 0 aromatic heterocycles. The number of fused-ring (bicyclic) bond motifs is 2. The van der Waals surface area contributed by atoms with Crippen LogP contribution in [0.4, 0.5) is 18.9 Å². The standard InChI is InChI=1S/C23H24ClF3N2O6S2/c1-36(32,33)28-11-23(31)13-3-4-14(23)8-16(7-13)37(34,35)20-6-12(2-5-17(20)24)22(30)29-15-9-18(25)21(27)19(26)10-15/h2,5-6,9-10,13-14,16,28,31H,3-4,7-8,11H2,1H3,(H,29,30). The fourth-order valence-electron chi connectivity index (χ4n) is 5.27. The van der Waals surface area contributed by atoms with E-state index < -0.39 is 65.9 Å². The highest BCUT2D eigenvalue weighted by Gasteiger charge is 2.55. The van der Waals surface area contributed by atoms with Crippen molar-refractivity contribution in [3.63, 3.8) is 0 Å². The average molecular weight is 581 g/mol. The van der Waals surface area contributed by atoms with Gasteiger partial charge in [0.2, 0.25) is 10.0 Å². The minimum atomic E-state index is -4.09. The van der Waals surface area contributed by atoms with Gasteiger partial charge >= 0.3 is 0 Å². The van der Waals surface area contributed by atoms with Crippen molar-refractivity contribution in [1.29, 1.82) is 0 Å². The summed E-state index contributed by atoms with van der Waals surface area (Å²) < 4.78 is 92.7. The molecule has 37 heavy (non-hydrogen) atoms. The lowest BCUT2D eigenvalue weighted by atomic mass is 9.74. The van der Waals surface area contributed by atoms with Crippen LogP contribution in [-0.4, -0.2) is 51.5 Å². The molecule has 0 radical (unpaired) electrons. The van der Waals surface area contributed by atoms with Crippen LogP contribution in [0.2, 0.25) is 5.02 Å². The Morgan fingerprint density at radius 2 is 1.62 bits per heavy atom. The van der Waals surface area contributed by atoms with E-state index >= 15 is 0 Å². The number of nitrogens with one attached hydrogen (secondary N) is 2. The van der Waals surface area contributed by atoms with Crippen LogP contribution in [0, 0.1) is 29.3 Å². The third-order valence-electron chi connectivity index (χ3n) is 7.17. The number of sulfone groups is 1. The van der Waals surface area contributed by atoms with Crippen molar-refractivity contribution < 1.29 is 39.9 Å². The van der Waals surface area contributed by atoms with Crippen LogP contribution in [0.3, 0.4) is 0 Å². The van der Waals surface area contributed by atoms with E-state index in [9.17, 15) is 39.9 Å². The number of hydrogen-bond donors (Lipinski definition) is 3. The molecule has 2 aliphatic rings. The molecule has 2 bridgehead atoms. The van der Waals surface area contributed by atoms with Gasteiger partial charge in [-0.05, 0) is 55.7 Å². The molecule has 2 atom stereocenters. The summed E-state index contributed by atoms with van der Waals surface area (Å²) in [5.74, 6) is -6.54. The molecular weight excluding hydrogens is 557 g/mol. The highest BCUT2D eigenvalue weighted by molar-refractivity contribution is 7.92. The number of anilines is 1. The summed E-state index contributed by atoms with van der Waals surface area (Å²) in [6.07, 6.45) is 2.17. The summed E-state index contributed by atoms with van der Waals surface area (Å²) in [4.78, 5) is 12.3. The first-order chi connectivity index (χ1) is 17.1. The second-order valence-corrected chi connectivity index (χ2v) is 14.0. The van der Waals surface area contributed by atoms with Crippen LogP contribution in [0.5, 0.6) is 0 Å². The minimum Gasteiger partial charge on any atom is -0.388 e. The van der Waals surface area contributed by atoms with Crippen molar-refractivity contribution in [3.8, 4) is 0 Å². The molecule has 4 rings (SSSR count). The molecular formula is C23H24ClF3N2O6S2. The summed E-state index contributed by atoms with van der Waals surface area (Å²) in [6.45, 7) is -0.213. The molecule has 202 valence electrons. The number of hydrogen-bond acceptors (Lipinski definition) is 6. The quantitative estimate of drug-likeness (QED) is 0.431. The van der Waals surface area contributed by atoms with E-state index in [0.717, 1.165) is 12.3 Å². The number of carbonyl (C=O) groups is 1. The molecule has 0 saturated heterocycles. The topological polar surface area (TPSA) is 130 Å². The summed E-state index contributed by atoms with van der Waals surface area (Å²) in [6, 6.07) is 4.66. The van der Waals surface area contributed by atoms with Crippen LogP contribution in [0.1, 0.15) is 36.0 Å². The molecule has 2 aromatic carbocycles. The summed E-state index contributed by atoms with van der Waals surface area (Å²) in [5.41, 5.74) is -1.91. The molecule has 2 aliphatic carbocycles. The van der Waals surface area contributed by atoms with Crippen LogP contribution in [0.15, 0.2) is 35.2 Å². The number of amides is 1. The largest absolute Gasteiger partial charge is 0.388 e. The van der Waals surface area contributed by atoms with Crippen LogP contribution >= 0.6 is 11.6 Å². The van der Waals surface area contributed by atoms with Crippen molar-refractivity contribution >= 4 is 43.1 Å². The molecule has 0 spiro atoms. The molecule has 0 heterocycles. The fourth-order valence-corrected chi connectivity index (χ4v) is 8.17. The summed E-state index contributed by atoms with van der Waals surface area (Å²) in [7, 11) is -7.65. The maximum atomic E-state index is 13.6. The summed E-state index contributed by atoms with van der Waals surface area (Å²) in [5, 5.41) is 12.3. The van der Waals surface area contributed by atoms with Gasteiger partial charge in [0.05, 0.1) is 27.0 Å². The third kappa shape index (κ3) is 5.51. The molecule has 2 aromatic rings. The van der Waals surface area contributed by atoms with E-state index in [1.807, 2.05) is 0 Å². The predicted octanol–water partition coefficient (Wildman–Crippen LogP) is 3.25. The first-order valence-electron chi connectivity index (χ1n) is 11.3. The Bertz CT molecular complexity index is 1430. The number of sulfonamides is 1. The zero-order valence-corrected chi connectivity index (χ0v) is 21.9. The van der Waals surface area contributed by atoms with Gasteiger partial charge in [-0.15, -0.1) is 0 Å². The van der Waals surface area contributed by atoms with Gasteiger partial charge in [-0.25, -0.2) is 34.7 Å². The van der Waals surface area contributed by atoms with E-state index in [1.54, 1.807) is 0 Å². The first-order valence-corrected chi connectivity index (χ1v) is 15.1. The minimum absolute atomic E-state index is 0.0711. The van der Waals surface area contributed by atoms with Crippen LogP contribution < -0.4 is 10.0 Å². The Morgan fingerprint density at radius 3 is 2.16 bits per heavy atom. The molecule has 1 amide bonds. The highest BCUT2D eigenvalue weighted by Crippen LogP contribution is 2.52. The van der Waals surface area contributed by atoms with Gasteiger partial charge in [-0.3, -0.25) is 4.79 Å². The Balaban J connectivity index is 1.56. The zero-order chi connectivity index (χ0) is 27.3. The van der Waals surface area contributed by atoms with E-state index in [0.29, 0.717) is 25.0 Å². The van der Waals surface area contributed by atoms with Gasteiger partial charge in [0.25, 0.3) is 5.91 Å². The van der Waals surface area contributed by atoms with Crippen LogP contribution in [0.25, 0.3) is 0 Å².